The van der Waals surface area contributed by atoms with E-state index in [-0.39, 0.29) is 51.4 Å². The average Bonchev–Trinajstić information content (AvgIpc) is 3.50. The monoisotopic (exact) mass is 1250 g/mol. The highest BCUT2D eigenvalue weighted by Crippen LogP contribution is 2.25. The number of phenols is 1. The molecule has 440 valence electrons. The van der Waals surface area contributed by atoms with Gasteiger partial charge in [0.1, 0.15) is 75.1 Å². The molecule has 0 saturated heterocycles. The molecule has 6 heterocycles. The lowest BCUT2D eigenvalue weighted by molar-refractivity contribution is -0.389. The summed E-state index contributed by atoms with van der Waals surface area (Å²) >= 11 is 3.11. The van der Waals surface area contributed by atoms with Crippen molar-refractivity contribution in [3.8, 4) is 40.2 Å². The number of halogens is 5. The number of nitrogens with one attached hydrogen (secondary N) is 1. The fourth-order valence-corrected chi connectivity index (χ4v) is 6.22. The molecule has 10 rings (SSSR count). The third kappa shape index (κ3) is 23.0. The van der Waals surface area contributed by atoms with Crippen LogP contribution in [0.15, 0.2) is 215 Å². The van der Waals surface area contributed by atoms with Crippen molar-refractivity contribution >= 4 is 51.1 Å². The molecule has 0 fully saturated rings. The number of carbonyl (C=O) groups excluding carboxylic acids is 1. The number of nitrogens with two attached hydrogens (primary N) is 1. The van der Waals surface area contributed by atoms with E-state index < -0.39 is 39.2 Å². The number of anilines is 2. The van der Waals surface area contributed by atoms with E-state index in [0.717, 1.165) is 15.2 Å². The number of pyridine rings is 5. The number of hydrogen-bond acceptors (Lipinski definition) is 18. The lowest BCUT2D eigenvalue weighted by Gasteiger charge is -2.07. The van der Waals surface area contributed by atoms with Crippen LogP contribution in [0.1, 0.15) is 20.8 Å². The number of nitrogens with zero attached hydrogens (tertiary/aromatic N) is 9. The summed E-state index contributed by atoms with van der Waals surface area (Å²) in [6, 6.07) is 39.4. The lowest BCUT2D eigenvalue weighted by Crippen LogP contribution is -2.23. The standard InChI is InChI=1S/C17H13FN4O3.C11H7FN2O3.C11H9FN2O.C7H7NO3.C6H5FO.C5H3BrN2O2/c1-22-16(23)8-6-14(21-22)17(24)20-15-7-5-13(10-19-15)25-12-4-2-3-11(18)9-12;12-8-2-1-3-9(6-8)17-10-4-5-11(13-7-10)14(15)16;12-8-2-1-3-9(6-8)15-10-4-5-11(13)14-7-10;1-8-4-5(7(10)11)2-3-6(8)9;7-5-2-1-3-6(8)4-5;6-4-1-2-5(7-3-4)8(9)10/h2-10H,1H3,(H,19,20,24);1-7H;1-7H,(H2,13,14);2-4H,1H3,(H,10,11);1-4,8H;1-3H. The fourth-order valence-electron chi connectivity index (χ4n) is 5.98. The Bertz CT molecular complexity index is 4010. The Morgan fingerprint density at radius 3 is 1.42 bits per heavy atom. The predicted octanol–water partition coefficient (Wildman–Crippen LogP) is 11.2. The van der Waals surface area contributed by atoms with Gasteiger partial charge >= 0.3 is 17.6 Å². The van der Waals surface area contributed by atoms with Gasteiger partial charge in [-0.25, -0.2) is 37.0 Å². The van der Waals surface area contributed by atoms with Crippen molar-refractivity contribution in [3.63, 3.8) is 0 Å². The van der Waals surface area contributed by atoms with Crippen LogP contribution >= 0.6 is 15.9 Å². The summed E-state index contributed by atoms with van der Waals surface area (Å²) in [7, 11) is 2.96. The van der Waals surface area contributed by atoms with Gasteiger partial charge in [-0.2, -0.15) is 5.10 Å². The van der Waals surface area contributed by atoms with Gasteiger partial charge in [0.15, 0.2) is 18.1 Å². The average molecular weight is 1250 g/mol. The number of nitrogen functional groups attached to an aromatic ring is 1. The first kappa shape index (κ1) is 65.1. The molecule has 6 aromatic heterocycles. The first-order valence-corrected chi connectivity index (χ1v) is 24.8. The third-order valence-electron chi connectivity index (χ3n) is 9.97. The number of nitro groups is 2. The summed E-state index contributed by atoms with van der Waals surface area (Å²) in [5, 5.41) is 43.9. The largest absolute Gasteiger partial charge is 0.508 e. The number of ether oxygens (including phenoxy) is 3. The second-order valence-corrected chi connectivity index (χ2v) is 17.4. The quantitative estimate of drug-likeness (QED) is 0.0531. The van der Waals surface area contributed by atoms with Gasteiger partial charge in [-0.15, -0.1) is 0 Å². The molecule has 0 spiro atoms. The molecule has 0 radical (unpaired) electrons. The Kier molecular flexibility index (Phi) is 24.7. The van der Waals surface area contributed by atoms with Crippen molar-refractivity contribution in [2.75, 3.05) is 11.1 Å². The lowest BCUT2D eigenvalue weighted by atomic mass is 10.3. The summed E-state index contributed by atoms with van der Waals surface area (Å²) in [4.78, 5) is 78.8. The Balaban J connectivity index is 0.000000196. The normalized spacial score (nSPS) is 9.85. The number of amides is 1. The number of rotatable bonds is 11. The first-order valence-electron chi connectivity index (χ1n) is 24.0. The molecule has 0 bridgehead atoms. The number of carboxylic acids is 1. The maximum atomic E-state index is 13.1. The zero-order valence-corrected chi connectivity index (χ0v) is 46.0. The van der Waals surface area contributed by atoms with E-state index >= 15 is 0 Å². The molecule has 0 aliphatic rings. The van der Waals surface area contributed by atoms with E-state index in [1.165, 1.54) is 165 Å². The molecule has 1 amide bonds. The third-order valence-corrected chi connectivity index (χ3v) is 10.4. The van der Waals surface area contributed by atoms with Crippen molar-refractivity contribution in [2.45, 2.75) is 0 Å². The second kappa shape index (κ2) is 32.6. The molecule has 0 unspecified atom stereocenters. The number of phenolic OH excluding ortho intramolecular Hbond substituents is 1. The molecule has 0 saturated carbocycles. The van der Waals surface area contributed by atoms with Gasteiger partial charge in [-0.1, -0.05) is 24.3 Å². The first-order chi connectivity index (χ1) is 41.0. The minimum Gasteiger partial charge on any atom is -0.508 e. The van der Waals surface area contributed by atoms with Crippen LogP contribution in [0, 0.1) is 43.5 Å². The summed E-state index contributed by atoms with van der Waals surface area (Å²) in [6.45, 7) is 0. The maximum absolute atomic E-state index is 13.1. The highest BCUT2D eigenvalue weighted by molar-refractivity contribution is 9.10. The van der Waals surface area contributed by atoms with Crippen molar-refractivity contribution < 1.29 is 61.4 Å². The van der Waals surface area contributed by atoms with Crippen LogP contribution in [-0.2, 0) is 14.1 Å². The van der Waals surface area contributed by atoms with Gasteiger partial charge in [0.2, 0.25) is 5.56 Å². The topological polar surface area (TPSA) is 335 Å². The van der Waals surface area contributed by atoms with Crippen LogP contribution in [0.25, 0.3) is 0 Å². The number of aromatic nitrogens is 7. The molecule has 29 heteroatoms. The summed E-state index contributed by atoms with van der Waals surface area (Å²) in [5.74, 6) is -0.534. The fraction of sp³-hybridized carbons (Fsp3) is 0.0351. The molecule has 10 aromatic rings. The van der Waals surface area contributed by atoms with Crippen molar-refractivity contribution in [1.82, 2.24) is 34.3 Å². The zero-order valence-electron chi connectivity index (χ0n) is 44.4. The highest BCUT2D eigenvalue weighted by atomic mass is 79.9. The molecule has 0 aliphatic heterocycles. The van der Waals surface area contributed by atoms with Crippen molar-refractivity contribution in [1.29, 1.82) is 0 Å². The van der Waals surface area contributed by atoms with Gasteiger partial charge in [-0.05, 0) is 133 Å². The molecule has 4 aromatic carbocycles. The molecule has 86 heavy (non-hydrogen) atoms. The SMILES string of the molecule is Cn1cc(C(=O)O)ccc1=O.Cn1nc(C(=O)Nc2ccc(Oc3cccc(F)c3)cn2)ccc1=O.Nc1ccc(Oc2cccc(F)c2)cn1.O=[N+]([O-])c1ccc(Br)cn1.O=[N+]([O-])c1ccc(Oc2cccc(F)c2)cn1.Oc1cccc(F)c1. The smallest absolute Gasteiger partial charge is 0.363 e. The van der Waals surface area contributed by atoms with E-state index in [2.05, 4.69) is 46.3 Å². The van der Waals surface area contributed by atoms with E-state index in [1.54, 1.807) is 48.5 Å². The van der Waals surface area contributed by atoms with Gasteiger partial charge in [0, 0.05) is 68.8 Å². The summed E-state index contributed by atoms with van der Waals surface area (Å²) in [5.41, 5.74) is 5.10. The maximum Gasteiger partial charge on any atom is 0.363 e. The van der Waals surface area contributed by atoms with Crippen LogP contribution < -0.4 is 36.4 Å². The van der Waals surface area contributed by atoms with E-state index in [1.807, 2.05) is 0 Å². The van der Waals surface area contributed by atoms with Crippen LogP contribution in [0.3, 0.4) is 0 Å². The van der Waals surface area contributed by atoms with Crippen LogP contribution in [-0.4, -0.2) is 66.2 Å². The Morgan fingerprint density at radius 1 is 0.570 bits per heavy atom. The number of carboxylic acid groups (broad SMARTS) is 1. The minimum atomic E-state index is -1.03. The zero-order chi connectivity index (χ0) is 62.7. The Labute approximate surface area is 491 Å². The van der Waals surface area contributed by atoms with Gasteiger partial charge in [0.25, 0.3) is 11.5 Å². The van der Waals surface area contributed by atoms with Gasteiger partial charge in [0.05, 0.1) is 22.4 Å². The Hall–Kier alpha value is -11.8. The molecule has 5 N–H and O–H groups in total. The van der Waals surface area contributed by atoms with E-state index in [9.17, 15) is 57.0 Å². The molecular weight excluding hydrogens is 1200 g/mol. The van der Waals surface area contributed by atoms with Gasteiger partial charge in [-0.3, -0.25) is 14.4 Å². The second-order valence-electron chi connectivity index (χ2n) is 16.5. The van der Waals surface area contributed by atoms with Crippen LogP contribution in [0.2, 0.25) is 0 Å². The Morgan fingerprint density at radius 2 is 1.03 bits per heavy atom. The highest BCUT2D eigenvalue weighted by Gasteiger charge is 2.12. The predicted molar refractivity (Wildman–Crippen MR) is 306 cm³/mol. The minimum absolute atomic E-state index is 0.0370. The summed E-state index contributed by atoms with van der Waals surface area (Å²) in [6.07, 6.45) is 6.76. The van der Waals surface area contributed by atoms with Gasteiger partial charge < -0.3 is 60.3 Å². The molecule has 0 atom stereocenters. The molecule has 0 aliphatic carbocycles. The summed E-state index contributed by atoms with van der Waals surface area (Å²) < 4.78 is 69.9. The molecular formula is C57H44BrF4N11O13. The van der Waals surface area contributed by atoms with E-state index in [4.69, 9.17) is 30.2 Å². The number of aromatic hydroxyl groups is 1. The molecule has 24 nitrogen and oxygen atoms in total. The number of aromatic carboxylic acids is 1. The van der Waals surface area contributed by atoms with Crippen molar-refractivity contribution in [3.05, 3.63) is 281 Å². The number of aryl methyl sites for hydroxylation is 2. The van der Waals surface area contributed by atoms with Crippen LogP contribution in [0.4, 0.5) is 40.8 Å². The number of hydrogen-bond donors (Lipinski definition) is 4. The number of benzene rings is 4. The van der Waals surface area contributed by atoms with Crippen molar-refractivity contribution in [2.24, 2.45) is 14.1 Å². The van der Waals surface area contributed by atoms with Crippen LogP contribution in [0.5, 0.6) is 40.2 Å². The van der Waals surface area contributed by atoms with E-state index in [0.29, 0.717) is 40.3 Å². The number of carbonyl (C=O) groups is 2.